The molecule has 3 aromatic rings. The van der Waals surface area contributed by atoms with Crippen molar-refractivity contribution >= 4 is 50.4 Å². The standard InChI is InChI=1S/C23H20BrN3O7/c24-18-4-1-3-16-17(21(28)19-5-2-10-26(19)23(30)31)13-25(20(16)18)11-12-34-22(29)14-6-8-15(9-7-14)27(32)33/h1,3-4,6-9,13,19H,2,5,10-12H2,(H,30,31). The lowest BCUT2D eigenvalue weighted by Gasteiger charge is -2.19. The third kappa shape index (κ3) is 4.51. The van der Waals surface area contributed by atoms with E-state index in [0.717, 1.165) is 9.99 Å². The Labute approximate surface area is 202 Å². The van der Waals surface area contributed by atoms with E-state index in [0.29, 0.717) is 30.3 Å². The van der Waals surface area contributed by atoms with E-state index >= 15 is 0 Å². The number of ketones is 1. The number of amides is 1. The third-order valence-corrected chi connectivity index (χ3v) is 6.43. The summed E-state index contributed by atoms with van der Waals surface area (Å²) < 4.78 is 7.85. The first-order chi connectivity index (χ1) is 16.3. The van der Waals surface area contributed by atoms with Crippen LogP contribution in [-0.2, 0) is 11.3 Å². The average molecular weight is 530 g/mol. The number of nitrogens with zero attached hydrogens (tertiary/aromatic N) is 3. The molecule has 10 nitrogen and oxygen atoms in total. The number of halogens is 1. The average Bonchev–Trinajstić information content (AvgIpc) is 3.45. The van der Waals surface area contributed by atoms with Gasteiger partial charge in [-0.2, -0.15) is 0 Å². The van der Waals surface area contributed by atoms with Crippen molar-refractivity contribution in [1.82, 2.24) is 9.47 Å². The summed E-state index contributed by atoms with van der Waals surface area (Å²) in [4.78, 5) is 48.5. The fourth-order valence-corrected chi connectivity index (χ4v) is 4.77. The van der Waals surface area contributed by atoms with Crippen LogP contribution in [0.25, 0.3) is 10.9 Å². The smallest absolute Gasteiger partial charge is 0.407 e. The Morgan fingerprint density at radius 2 is 1.91 bits per heavy atom. The monoisotopic (exact) mass is 529 g/mol. The molecule has 0 saturated carbocycles. The van der Waals surface area contributed by atoms with Crippen LogP contribution in [0.2, 0.25) is 0 Å². The number of esters is 1. The first kappa shape index (κ1) is 23.4. The van der Waals surface area contributed by atoms with Gasteiger partial charge in [0, 0.05) is 40.3 Å². The van der Waals surface area contributed by atoms with Crippen LogP contribution in [0.4, 0.5) is 10.5 Å². The van der Waals surface area contributed by atoms with Crippen molar-refractivity contribution in [2.75, 3.05) is 13.2 Å². The Hall–Kier alpha value is -3.73. The number of likely N-dealkylation sites (tertiary alicyclic amines) is 1. The lowest BCUT2D eigenvalue weighted by molar-refractivity contribution is -0.384. The molecule has 0 aliphatic carbocycles. The number of carbonyl (C=O) groups is 3. The number of para-hydroxylation sites is 1. The zero-order chi connectivity index (χ0) is 24.4. The third-order valence-electron chi connectivity index (χ3n) is 5.79. The topological polar surface area (TPSA) is 132 Å². The molecular weight excluding hydrogens is 510 g/mol. The molecule has 2 heterocycles. The lowest BCUT2D eigenvalue weighted by Crippen LogP contribution is -2.39. The van der Waals surface area contributed by atoms with Gasteiger partial charge in [-0.1, -0.05) is 12.1 Å². The maximum atomic E-state index is 13.3. The second-order valence-electron chi connectivity index (χ2n) is 7.81. The number of nitro groups is 1. The van der Waals surface area contributed by atoms with Crippen LogP contribution < -0.4 is 0 Å². The fraction of sp³-hybridized carbons (Fsp3) is 0.261. The number of aromatic nitrogens is 1. The highest BCUT2D eigenvalue weighted by atomic mass is 79.9. The molecule has 1 unspecified atom stereocenters. The van der Waals surface area contributed by atoms with E-state index in [4.69, 9.17) is 4.74 Å². The summed E-state index contributed by atoms with van der Waals surface area (Å²) in [6, 6.07) is 9.82. The number of carbonyl (C=O) groups excluding carboxylic acids is 2. The minimum absolute atomic E-state index is 0.000749. The SMILES string of the molecule is O=C(OCCn1cc(C(=O)C2CCCN2C(=O)O)c2cccc(Br)c21)c1ccc([N+](=O)[O-])cc1. The highest BCUT2D eigenvalue weighted by Crippen LogP contribution is 2.31. The van der Waals surface area contributed by atoms with Gasteiger partial charge in [0.05, 0.1) is 28.6 Å². The van der Waals surface area contributed by atoms with Crippen molar-refractivity contribution in [3.63, 3.8) is 0 Å². The van der Waals surface area contributed by atoms with Crippen molar-refractivity contribution in [3.8, 4) is 0 Å². The summed E-state index contributed by atoms with van der Waals surface area (Å²) in [6.07, 6.45) is 1.65. The van der Waals surface area contributed by atoms with Crippen LogP contribution >= 0.6 is 15.9 Å². The number of nitro benzene ring substituents is 1. The summed E-state index contributed by atoms with van der Waals surface area (Å²) >= 11 is 3.51. The van der Waals surface area contributed by atoms with Crippen molar-refractivity contribution in [2.45, 2.75) is 25.4 Å². The predicted molar refractivity (Wildman–Crippen MR) is 125 cm³/mol. The van der Waals surface area contributed by atoms with E-state index in [2.05, 4.69) is 15.9 Å². The Balaban J connectivity index is 1.53. The molecule has 1 fully saturated rings. The lowest BCUT2D eigenvalue weighted by atomic mass is 10.0. The minimum atomic E-state index is -1.11. The fourth-order valence-electron chi connectivity index (χ4n) is 4.17. The molecule has 0 spiro atoms. The molecule has 1 aromatic heterocycles. The molecule has 1 aliphatic heterocycles. The molecule has 0 radical (unpaired) electrons. The molecule has 1 amide bonds. The van der Waals surface area contributed by atoms with Gasteiger partial charge in [0.25, 0.3) is 5.69 Å². The highest BCUT2D eigenvalue weighted by molar-refractivity contribution is 9.10. The zero-order valence-electron chi connectivity index (χ0n) is 17.8. The number of hydrogen-bond donors (Lipinski definition) is 1. The summed E-state index contributed by atoms with van der Waals surface area (Å²) in [5.41, 5.74) is 1.21. The number of non-ortho nitro benzene ring substituents is 1. The van der Waals surface area contributed by atoms with E-state index in [1.807, 2.05) is 6.07 Å². The number of ether oxygens (including phenoxy) is 1. The number of benzene rings is 2. The van der Waals surface area contributed by atoms with Crippen molar-refractivity contribution in [1.29, 1.82) is 0 Å². The Morgan fingerprint density at radius 3 is 2.59 bits per heavy atom. The van der Waals surface area contributed by atoms with Crippen molar-refractivity contribution < 1.29 is 29.2 Å². The van der Waals surface area contributed by atoms with Gasteiger partial charge in [0.15, 0.2) is 5.78 Å². The molecule has 1 atom stereocenters. The van der Waals surface area contributed by atoms with Gasteiger partial charge in [-0.3, -0.25) is 19.8 Å². The predicted octanol–water partition coefficient (Wildman–Crippen LogP) is 4.49. The first-order valence-electron chi connectivity index (χ1n) is 10.5. The van der Waals surface area contributed by atoms with Gasteiger partial charge < -0.3 is 14.4 Å². The van der Waals surface area contributed by atoms with Gasteiger partial charge >= 0.3 is 12.1 Å². The number of carboxylic acid groups (broad SMARTS) is 1. The molecule has 176 valence electrons. The summed E-state index contributed by atoms with van der Waals surface area (Å²) in [6.45, 7) is 0.574. The highest BCUT2D eigenvalue weighted by Gasteiger charge is 2.35. The Bertz CT molecular complexity index is 1290. The van der Waals surface area contributed by atoms with Crippen LogP contribution in [-0.4, -0.2) is 56.5 Å². The number of fused-ring (bicyclic) bond motifs is 1. The van der Waals surface area contributed by atoms with Gasteiger partial charge in [-0.25, -0.2) is 9.59 Å². The molecule has 2 aromatic carbocycles. The molecule has 0 bridgehead atoms. The molecule has 1 N–H and O–H groups in total. The second kappa shape index (κ2) is 9.64. The van der Waals surface area contributed by atoms with E-state index < -0.39 is 23.0 Å². The van der Waals surface area contributed by atoms with Gasteiger partial charge in [-0.05, 0) is 47.0 Å². The Kier molecular flexibility index (Phi) is 6.64. The molecule has 11 heteroatoms. The van der Waals surface area contributed by atoms with E-state index in [9.17, 15) is 29.6 Å². The van der Waals surface area contributed by atoms with Crippen LogP contribution in [0, 0.1) is 10.1 Å². The molecule has 1 aliphatic rings. The second-order valence-corrected chi connectivity index (χ2v) is 8.66. The van der Waals surface area contributed by atoms with E-state index in [1.54, 1.807) is 22.9 Å². The van der Waals surface area contributed by atoms with Gasteiger partial charge in [0.2, 0.25) is 0 Å². The molecule has 4 rings (SSSR count). The van der Waals surface area contributed by atoms with E-state index in [-0.39, 0.29) is 30.2 Å². The van der Waals surface area contributed by atoms with Gasteiger partial charge in [-0.15, -0.1) is 0 Å². The number of hydrogen-bond acceptors (Lipinski definition) is 6. The number of Topliss-reactive ketones (excluding diaryl/α,β-unsaturated/α-hetero) is 1. The molecule has 1 saturated heterocycles. The first-order valence-corrected chi connectivity index (χ1v) is 11.3. The minimum Gasteiger partial charge on any atom is -0.465 e. The maximum absolute atomic E-state index is 13.3. The van der Waals surface area contributed by atoms with Crippen molar-refractivity contribution in [2.24, 2.45) is 0 Å². The molecular formula is C23H20BrN3O7. The normalized spacial score (nSPS) is 15.4. The van der Waals surface area contributed by atoms with Crippen LogP contribution in [0.5, 0.6) is 0 Å². The van der Waals surface area contributed by atoms with Crippen LogP contribution in [0.1, 0.15) is 33.6 Å². The largest absolute Gasteiger partial charge is 0.465 e. The maximum Gasteiger partial charge on any atom is 0.407 e. The quantitative estimate of drug-likeness (QED) is 0.206. The summed E-state index contributed by atoms with van der Waals surface area (Å²) in [5, 5.41) is 20.9. The van der Waals surface area contributed by atoms with E-state index in [1.165, 1.54) is 29.2 Å². The number of rotatable bonds is 7. The van der Waals surface area contributed by atoms with Crippen LogP contribution in [0.3, 0.4) is 0 Å². The van der Waals surface area contributed by atoms with Gasteiger partial charge in [0.1, 0.15) is 6.61 Å². The van der Waals surface area contributed by atoms with Crippen molar-refractivity contribution in [3.05, 3.63) is 74.4 Å². The van der Waals surface area contributed by atoms with Crippen LogP contribution in [0.15, 0.2) is 53.1 Å². The summed E-state index contributed by atoms with van der Waals surface area (Å²) in [7, 11) is 0. The Morgan fingerprint density at radius 1 is 1.18 bits per heavy atom. The zero-order valence-corrected chi connectivity index (χ0v) is 19.4. The summed E-state index contributed by atoms with van der Waals surface area (Å²) in [5.74, 6) is -0.880. The molecule has 34 heavy (non-hydrogen) atoms.